The summed E-state index contributed by atoms with van der Waals surface area (Å²) < 4.78 is 5.00. The predicted octanol–water partition coefficient (Wildman–Crippen LogP) is 3.47. The summed E-state index contributed by atoms with van der Waals surface area (Å²) in [4.78, 5) is 27.7. The third-order valence-corrected chi connectivity index (χ3v) is 3.74. The number of amides is 1. The summed E-state index contributed by atoms with van der Waals surface area (Å²) in [5.74, 6) is -0.963. The molecule has 0 aliphatic heterocycles. The molecule has 5 nitrogen and oxygen atoms in total. The Hall–Kier alpha value is -2.40. The van der Waals surface area contributed by atoms with Crippen LogP contribution in [-0.2, 0) is 9.53 Å². The minimum Gasteiger partial charge on any atom is -0.452 e. The third kappa shape index (κ3) is 5.06. The van der Waals surface area contributed by atoms with Crippen molar-refractivity contribution in [2.24, 2.45) is 0 Å². The molecule has 2 aromatic rings. The van der Waals surface area contributed by atoms with E-state index in [0.29, 0.717) is 0 Å². The van der Waals surface area contributed by atoms with Gasteiger partial charge in [-0.1, -0.05) is 48.4 Å². The first kappa shape index (κ1) is 17.9. The van der Waals surface area contributed by atoms with Crippen LogP contribution in [0.4, 0.5) is 0 Å². The molecule has 0 spiro atoms. The number of rotatable bonds is 6. The summed E-state index contributed by atoms with van der Waals surface area (Å²) in [5, 5.41) is 3.15. The fourth-order valence-corrected chi connectivity index (χ4v) is 2.28. The van der Waals surface area contributed by atoms with Gasteiger partial charge in [0.05, 0.1) is 11.6 Å². The van der Waals surface area contributed by atoms with Gasteiger partial charge in [-0.3, -0.25) is 4.79 Å². The Balaban J connectivity index is 1.88. The number of hydrogen-bond acceptors (Lipinski definition) is 4. The summed E-state index contributed by atoms with van der Waals surface area (Å²) in [6, 6.07) is 10.8. The highest BCUT2D eigenvalue weighted by Crippen LogP contribution is 2.17. The summed E-state index contributed by atoms with van der Waals surface area (Å²) in [7, 11) is 0. The highest BCUT2D eigenvalue weighted by molar-refractivity contribution is 6.29. The van der Waals surface area contributed by atoms with Crippen molar-refractivity contribution in [1.29, 1.82) is 0 Å². The smallest absolute Gasteiger partial charge is 0.340 e. The predicted molar refractivity (Wildman–Crippen MR) is 91.9 cm³/mol. The monoisotopic (exact) mass is 346 g/mol. The van der Waals surface area contributed by atoms with E-state index in [2.05, 4.69) is 10.3 Å². The fraction of sp³-hybridized carbons (Fsp3) is 0.278. The van der Waals surface area contributed by atoms with Crippen LogP contribution in [-0.4, -0.2) is 23.5 Å². The molecule has 6 heteroatoms. The number of carbonyl (C=O) groups is 2. The highest BCUT2D eigenvalue weighted by Gasteiger charge is 2.15. The maximum Gasteiger partial charge on any atom is 0.340 e. The van der Waals surface area contributed by atoms with Gasteiger partial charge in [0.25, 0.3) is 5.91 Å². The van der Waals surface area contributed by atoms with E-state index in [4.69, 9.17) is 16.3 Å². The Morgan fingerprint density at radius 3 is 2.50 bits per heavy atom. The summed E-state index contributed by atoms with van der Waals surface area (Å²) in [6.45, 7) is 3.65. The highest BCUT2D eigenvalue weighted by atomic mass is 35.5. The fourth-order valence-electron chi connectivity index (χ4n) is 2.17. The van der Waals surface area contributed by atoms with Crippen LogP contribution in [0.25, 0.3) is 0 Å². The Morgan fingerprint density at radius 1 is 1.21 bits per heavy atom. The van der Waals surface area contributed by atoms with Gasteiger partial charge in [-0.2, -0.15) is 0 Å². The lowest BCUT2D eigenvalue weighted by Gasteiger charge is -2.17. The van der Waals surface area contributed by atoms with E-state index in [9.17, 15) is 9.59 Å². The maximum absolute atomic E-state index is 12.0. The van der Waals surface area contributed by atoms with Crippen LogP contribution in [0.1, 0.15) is 40.9 Å². The number of aryl methyl sites for hydroxylation is 1. The van der Waals surface area contributed by atoms with Gasteiger partial charge < -0.3 is 10.1 Å². The molecule has 0 saturated heterocycles. The lowest BCUT2D eigenvalue weighted by atomic mass is 10.0. The van der Waals surface area contributed by atoms with E-state index in [1.54, 1.807) is 0 Å². The van der Waals surface area contributed by atoms with Crippen molar-refractivity contribution in [1.82, 2.24) is 10.3 Å². The van der Waals surface area contributed by atoms with E-state index < -0.39 is 5.97 Å². The van der Waals surface area contributed by atoms with Gasteiger partial charge in [0.1, 0.15) is 5.15 Å². The van der Waals surface area contributed by atoms with Crippen molar-refractivity contribution >= 4 is 23.5 Å². The summed E-state index contributed by atoms with van der Waals surface area (Å²) in [6.07, 6.45) is 2.05. The van der Waals surface area contributed by atoms with Crippen molar-refractivity contribution in [2.45, 2.75) is 26.3 Å². The van der Waals surface area contributed by atoms with Crippen molar-refractivity contribution in [3.05, 3.63) is 64.4 Å². The summed E-state index contributed by atoms with van der Waals surface area (Å²) >= 11 is 5.66. The van der Waals surface area contributed by atoms with E-state index in [1.807, 2.05) is 38.1 Å². The average molecular weight is 347 g/mol. The largest absolute Gasteiger partial charge is 0.452 e. The zero-order valence-electron chi connectivity index (χ0n) is 13.6. The number of ether oxygens (including phenoxy) is 1. The van der Waals surface area contributed by atoms with Gasteiger partial charge in [-0.15, -0.1) is 0 Å². The van der Waals surface area contributed by atoms with Gasteiger partial charge in [0.15, 0.2) is 6.61 Å². The molecule has 1 aromatic carbocycles. The van der Waals surface area contributed by atoms with Crippen molar-refractivity contribution in [2.75, 3.05) is 6.61 Å². The van der Waals surface area contributed by atoms with Crippen molar-refractivity contribution in [3.8, 4) is 0 Å². The van der Waals surface area contributed by atoms with Crippen LogP contribution < -0.4 is 5.32 Å². The zero-order chi connectivity index (χ0) is 17.5. The van der Waals surface area contributed by atoms with Gasteiger partial charge in [-0.25, -0.2) is 9.78 Å². The zero-order valence-corrected chi connectivity index (χ0v) is 14.3. The molecule has 0 fully saturated rings. The maximum atomic E-state index is 12.0. The Labute approximate surface area is 146 Å². The number of nitrogens with one attached hydrogen (secondary N) is 1. The molecule has 1 aromatic heterocycles. The molecule has 0 aliphatic carbocycles. The molecular weight excluding hydrogens is 328 g/mol. The average Bonchev–Trinajstić information content (AvgIpc) is 2.59. The van der Waals surface area contributed by atoms with Gasteiger partial charge in [0.2, 0.25) is 0 Å². The lowest BCUT2D eigenvalue weighted by molar-refractivity contribution is -0.125. The number of carbonyl (C=O) groups excluding carboxylic acids is 2. The number of benzene rings is 1. The molecule has 0 aliphatic rings. The topological polar surface area (TPSA) is 68.3 Å². The molecule has 1 N–H and O–H groups in total. The first-order chi connectivity index (χ1) is 11.5. The molecule has 0 radical (unpaired) electrons. The Kier molecular flexibility index (Phi) is 6.32. The van der Waals surface area contributed by atoms with Gasteiger partial charge in [-0.05, 0) is 31.0 Å². The van der Waals surface area contributed by atoms with Crippen LogP contribution >= 0.6 is 11.6 Å². The molecule has 1 atom stereocenters. The van der Waals surface area contributed by atoms with Crippen LogP contribution in [0.5, 0.6) is 0 Å². The van der Waals surface area contributed by atoms with Crippen molar-refractivity contribution < 1.29 is 14.3 Å². The molecule has 0 unspecified atom stereocenters. The minimum absolute atomic E-state index is 0.117. The SMILES string of the molecule is CC[C@H](NC(=O)COC(=O)c1ccc(Cl)nc1)c1ccc(C)cc1. The molecular formula is C18H19ClN2O3. The quantitative estimate of drug-likeness (QED) is 0.642. The van der Waals surface area contributed by atoms with E-state index >= 15 is 0 Å². The van der Waals surface area contributed by atoms with Crippen molar-refractivity contribution in [3.63, 3.8) is 0 Å². The lowest BCUT2D eigenvalue weighted by Crippen LogP contribution is -2.32. The van der Waals surface area contributed by atoms with Crippen LogP contribution in [0.2, 0.25) is 5.15 Å². The Morgan fingerprint density at radius 2 is 1.92 bits per heavy atom. The second kappa shape index (κ2) is 8.45. The number of aromatic nitrogens is 1. The first-order valence-electron chi connectivity index (χ1n) is 7.64. The molecule has 0 saturated carbocycles. The van der Waals surface area contributed by atoms with Crippen LogP contribution in [0, 0.1) is 6.92 Å². The summed E-state index contributed by atoms with van der Waals surface area (Å²) in [5.41, 5.74) is 2.42. The second-order valence-electron chi connectivity index (χ2n) is 5.38. The first-order valence-corrected chi connectivity index (χ1v) is 8.02. The molecule has 24 heavy (non-hydrogen) atoms. The molecule has 0 bridgehead atoms. The molecule has 1 heterocycles. The number of esters is 1. The van der Waals surface area contributed by atoms with E-state index in [1.165, 1.54) is 18.3 Å². The minimum atomic E-state index is -0.613. The normalized spacial score (nSPS) is 11.6. The van der Waals surface area contributed by atoms with Gasteiger partial charge >= 0.3 is 5.97 Å². The number of pyridine rings is 1. The number of halogens is 1. The van der Waals surface area contributed by atoms with Gasteiger partial charge in [0, 0.05) is 6.20 Å². The van der Waals surface area contributed by atoms with E-state index in [0.717, 1.165) is 17.5 Å². The second-order valence-corrected chi connectivity index (χ2v) is 5.77. The standard InChI is InChI=1S/C18H19ClN2O3/c1-3-15(13-6-4-12(2)5-7-13)21-17(22)11-24-18(23)14-8-9-16(19)20-10-14/h4-10,15H,3,11H2,1-2H3,(H,21,22)/t15-/m0/s1. The van der Waals surface area contributed by atoms with E-state index in [-0.39, 0.29) is 29.3 Å². The third-order valence-electron chi connectivity index (χ3n) is 3.52. The van der Waals surface area contributed by atoms with Crippen LogP contribution in [0.3, 0.4) is 0 Å². The van der Waals surface area contributed by atoms with Crippen LogP contribution in [0.15, 0.2) is 42.6 Å². The molecule has 1 amide bonds. The molecule has 2 rings (SSSR count). The number of hydrogen-bond donors (Lipinski definition) is 1. The molecule has 126 valence electrons. The Bertz CT molecular complexity index is 699. The number of nitrogens with zero attached hydrogens (tertiary/aromatic N) is 1.